The molecule has 0 aliphatic carbocycles. The zero-order valence-electron chi connectivity index (χ0n) is 8.23. The maximum absolute atomic E-state index is 3.67. The van der Waals surface area contributed by atoms with Crippen molar-refractivity contribution in [2.75, 3.05) is 0 Å². The van der Waals surface area contributed by atoms with Crippen LogP contribution in [-0.4, -0.2) is 4.83 Å². The van der Waals surface area contributed by atoms with Crippen LogP contribution in [0.2, 0.25) is 0 Å². The molecule has 0 aromatic carbocycles. The Balaban J connectivity index is 3.70. The summed E-state index contributed by atoms with van der Waals surface area (Å²) in [7, 11) is 0. The Labute approximate surface area is 79.9 Å². The number of rotatable bonds is 5. The van der Waals surface area contributed by atoms with Gasteiger partial charge in [0.25, 0.3) is 0 Å². The summed E-state index contributed by atoms with van der Waals surface area (Å²) in [6.45, 7) is 9.16. The molecular weight excluding hydrogens is 200 g/mol. The predicted molar refractivity (Wildman–Crippen MR) is 56.2 cm³/mol. The summed E-state index contributed by atoms with van der Waals surface area (Å²) >= 11 is 3.67. The molecule has 0 aliphatic heterocycles. The van der Waals surface area contributed by atoms with Gasteiger partial charge in [0.15, 0.2) is 0 Å². The normalized spacial score (nSPS) is 16.9. The van der Waals surface area contributed by atoms with Crippen molar-refractivity contribution in [1.82, 2.24) is 0 Å². The van der Waals surface area contributed by atoms with E-state index in [9.17, 15) is 0 Å². The van der Waals surface area contributed by atoms with Crippen LogP contribution in [0.15, 0.2) is 0 Å². The number of unbranched alkanes of at least 4 members (excludes halogenated alkanes) is 1. The Hall–Kier alpha value is 0.480. The highest BCUT2D eigenvalue weighted by molar-refractivity contribution is 9.09. The zero-order valence-corrected chi connectivity index (χ0v) is 9.82. The topological polar surface area (TPSA) is 0 Å². The Morgan fingerprint density at radius 1 is 1.18 bits per heavy atom. The molecule has 0 spiro atoms. The van der Waals surface area contributed by atoms with E-state index in [1.165, 1.54) is 19.3 Å². The van der Waals surface area contributed by atoms with Crippen molar-refractivity contribution in [2.24, 2.45) is 11.8 Å². The van der Waals surface area contributed by atoms with Crippen molar-refractivity contribution >= 4 is 15.9 Å². The van der Waals surface area contributed by atoms with E-state index < -0.39 is 0 Å². The van der Waals surface area contributed by atoms with Crippen LogP contribution in [0.5, 0.6) is 0 Å². The molecule has 0 heterocycles. The predicted octanol–water partition coefficient (Wildman–Crippen LogP) is 4.23. The molecule has 0 saturated heterocycles. The van der Waals surface area contributed by atoms with Crippen LogP contribution in [-0.2, 0) is 0 Å². The fraction of sp³-hybridized carbons (Fsp3) is 1.00. The maximum Gasteiger partial charge on any atom is 0.0148 e. The van der Waals surface area contributed by atoms with Crippen LogP contribution in [0.1, 0.15) is 47.0 Å². The Morgan fingerprint density at radius 2 is 1.73 bits per heavy atom. The van der Waals surface area contributed by atoms with E-state index in [0.717, 1.165) is 11.8 Å². The second kappa shape index (κ2) is 6.05. The lowest BCUT2D eigenvalue weighted by atomic mass is 9.88. The molecule has 0 aromatic rings. The third-order valence-corrected chi connectivity index (χ3v) is 3.02. The summed E-state index contributed by atoms with van der Waals surface area (Å²) in [5.41, 5.74) is 0. The molecule has 68 valence electrons. The Morgan fingerprint density at radius 3 is 2.00 bits per heavy atom. The second-order valence-electron chi connectivity index (χ2n) is 3.73. The van der Waals surface area contributed by atoms with Gasteiger partial charge in [-0.2, -0.15) is 0 Å². The molecule has 0 saturated carbocycles. The summed E-state index contributed by atoms with van der Waals surface area (Å²) < 4.78 is 0. The standard InChI is InChI=1S/C10H21Br/c1-5-6-7-10(8(2)3)9(4)11/h8-10H,5-7H2,1-4H3. The first-order chi connectivity index (χ1) is 5.09. The first-order valence-corrected chi connectivity index (χ1v) is 5.65. The molecule has 0 rings (SSSR count). The number of halogens is 1. The van der Waals surface area contributed by atoms with Gasteiger partial charge in [0.05, 0.1) is 0 Å². The average Bonchev–Trinajstić information content (AvgIpc) is 1.87. The van der Waals surface area contributed by atoms with Gasteiger partial charge < -0.3 is 0 Å². The minimum atomic E-state index is 0.675. The van der Waals surface area contributed by atoms with E-state index in [4.69, 9.17) is 0 Å². The lowest BCUT2D eigenvalue weighted by molar-refractivity contribution is 0.351. The van der Waals surface area contributed by atoms with Crippen LogP contribution in [0, 0.1) is 11.8 Å². The molecule has 0 nitrogen and oxygen atoms in total. The highest BCUT2D eigenvalue weighted by Crippen LogP contribution is 2.26. The van der Waals surface area contributed by atoms with Gasteiger partial charge in [-0.15, -0.1) is 0 Å². The summed E-state index contributed by atoms with van der Waals surface area (Å²) in [5, 5.41) is 0. The van der Waals surface area contributed by atoms with Crippen molar-refractivity contribution in [3.05, 3.63) is 0 Å². The van der Waals surface area contributed by atoms with Crippen molar-refractivity contribution in [3.63, 3.8) is 0 Å². The highest BCUT2D eigenvalue weighted by Gasteiger charge is 2.17. The SMILES string of the molecule is CCCCC(C(C)C)C(C)Br. The van der Waals surface area contributed by atoms with Gasteiger partial charge in [-0.05, 0) is 18.3 Å². The van der Waals surface area contributed by atoms with Crippen LogP contribution in [0.25, 0.3) is 0 Å². The van der Waals surface area contributed by atoms with Crippen molar-refractivity contribution in [3.8, 4) is 0 Å². The molecule has 1 heteroatoms. The monoisotopic (exact) mass is 220 g/mol. The van der Waals surface area contributed by atoms with E-state index in [2.05, 4.69) is 43.6 Å². The van der Waals surface area contributed by atoms with Gasteiger partial charge >= 0.3 is 0 Å². The van der Waals surface area contributed by atoms with Crippen LogP contribution in [0.3, 0.4) is 0 Å². The van der Waals surface area contributed by atoms with Crippen LogP contribution < -0.4 is 0 Å². The van der Waals surface area contributed by atoms with E-state index in [1.807, 2.05) is 0 Å². The minimum Gasteiger partial charge on any atom is -0.0891 e. The molecule has 0 aliphatic rings. The molecule has 0 amide bonds. The van der Waals surface area contributed by atoms with Gasteiger partial charge in [0.2, 0.25) is 0 Å². The largest absolute Gasteiger partial charge is 0.0891 e. The van der Waals surface area contributed by atoms with Gasteiger partial charge in [-0.1, -0.05) is 56.5 Å². The molecule has 11 heavy (non-hydrogen) atoms. The molecule has 0 radical (unpaired) electrons. The van der Waals surface area contributed by atoms with Crippen molar-refractivity contribution in [1.29, 1.82) is 0 Å². The average molecular weight is 221 g/mol. The van der Waals surface area contributed by atoms with Crippen LogP contribution in [0.4, 0.5) is 0 Å². The minimum absolute atomic E-state index is 0.675. The molecule has 2 atom stereocenters. The maximum atomic E-state index is 3.67. The van der Waals surface area contributed by atoms with E-state index in [-0.39, 0.29) is 0 Å². The molecule has 0 N–H and O–H groups in total. The lowest BCUT2D eigenvalue weighted by Gasteiger charge is -2.23. The fourth-order valence-electron chi connectivity index (χ4n) is 1.53. The zero-order chi connectivity index (χ0) is 8.85. The molecule has 0 fully saturated rings. The highest BCUT2D eigenvalue weighted by atomic mass is 79.9. The van der Waals surface area contributed by atoms with E-state index in [0.29, 0.717) is 4.83 Å². The third kappa shape index (κ3) is 4.84. The summed E-state index contributed by atoms with van der Waals surface area (Å²) in [6, 6.07) is 0. The Kier molecular flexibility index (Phi) is 6.31. The lowest BCUT2D eigenvalue weighted by Crippen LogP contribution is -2.17. The summed E-state index contributed by atoms with van der Waals surface area (Å²) in [4.78, 5) is 0.675. The van der Waals surface area contributed by atoms with E-state index >= 15 is 0 Å². The van der Waals surface area contributed by atoms with Gasteiger partial charge in [0.1, 0.15) is 0 Å². The van der Waals surface area contributed by atoms with Crippen LogP contribution >= 0.6 is 15.9 Å². The fourth-order valence-corrected chi connectivity index (χ4v) is 2.41. The van der Waals surface area contributed by atoms with Crippen molar-refractivity contribution in [2.45, 2.75) is 51.8 Å². The summed E-state index contributed by atoms with van der Waals surface area (Å²) in [6.07, 6.45) is 4.07. The molecule has 2 unspecified atom stereocenters. The second-order valence-corrected chi connectivity index (χ2v) is 5.17. The number of hydrogen-bond donors (Lipinski definition) is 0. The Bertz CT molecular complexity index is 78.9. The van der Waals surface area contributed by atoms with Gasteiger partial charge in [-0.3, -0.25) is 0 Å². The quantitative estimate of drug-likeness (QED) is 0.609. The molecule has 0 bridgehead atoms. The van der Waals surface area contributed by atoms with Gasteiger partial charge in [0, 0.05) is 4.83 Å². The number of hydrogen-bond acceptors (Lipinski definition) is 0. The van der Waals surface area contributed by atoms with Gasteiger partial charge in [-0.25, -0.2) is 0 Å². The summed E-state index contributed by atoms with van der Waals surface area (Å²) in [5.74, 6) is 1.67. The first-order valence-electron chi connectivity index (χ1n) is 4.73. The molecular formula is C10H21Br. The molecule has 0 aromatic heterocycles. The third-order valence-electron chi connectivity index (χ3n) is 2.34. The first kappa shape index (κ1) is 11.5. The smallest absolute Gasteiger partial charge is 0.0148 e. The van der Waals surface area contributed by atoms with Crippen molar-refractivity contribution < 1.29 is 0 Å². The van der Waals surface area contributed by atoms with E-state index in [1.54, 1.807) is 0 Å². The number of alkyl halides is 1.